The topological polar surface area (TPSA) is 70.8 Å². The van der Waals surface area contributed by atoms with E-state index in [-0.39, 0.29) is 18.7 Å². The first-order chi connectivity index (χ1) is 9.97. The lowest BCUT2D eigenvalue weighted by molar-refractivity contribution is -0.138. The smallest absolute Gasteiger partial charge is 0.303 e. The molecule has 1 aromatic heterocycles. The highest BCUT2D eigenvalue weighted by molar-refractivity contribution is 5.87. The average Bonchev–Trinajstić information content (AvgIpc) is 2.80. The largest absolute Gasteiger partial charge is 0.481 e. The Hall–Kier alpha value is -2.30. The van der Waals surface area contributed by atoms with Crippen molar-refractivity contribution < 1.29 is 19.1 Å². The van der Waals surface area contributed by atoms with Gasteiger partial charge in [-0.1, -0.05) is 12.1 Å². The zero-order chi connectivity index (χ0) is 15.4. The van der Waals surface area contributed by atoms with Crippen molar-refractivity contribution in [2.45, 2.75) is 26.2 Å². The van der Waals surface area contributed by atoms with Gasteiger partial charge in [-0.15, -0.1) is 0 Å². The minimum atomic E-state index is -0.841. The van der Waals surface area contributed by atoms with Crippen LogP contribution in [0.4, 0.5) is 0 Å². The molecule has 112 valence electrons. The number of fused-ring (bicyclic) bond motifs is 1. The van der Waals surface area contributed by atoms with Crippen LogP contribution in [0.2, 0.25) is 0 Å². The lowest BCUT2D eigenvalue weighted by Crippen LogP contribution is -2.29. The number of nitrogens with zero attached hydrogens (tertiary/aromatic N) is 1. The molecular formula is C16H19NO4. The third-order valence-corrected chi connectivity index (χ3v) is 3.46. The van der Waals surface area contributed by atoms with Gasteiger partial charge in [0.1, 0.15) is 5.58 Å². The molecule has 21 heavy (non-hydrogen) atoms. The van der Waals surface area contributed by atoms with E-state index in [0.29, 0.717) is 13.0 Å². The summed E-state index contributed by atoms with van der Waals surface area (Å²) in [6.07, 6.45) is 2.42. The summed E-state index contributed by atoms with van der Waals surface area (Å²) in [7, 11) is 1.69. The highest BCUT2D eigenvalue weighted by atomic mass is 16.4. The fourth-order valence-corrected chi connectivity index (χ4v) is 2.22. The molecule has 0 atom stereocenters. The fraction of sp³-hybridized carbons (Fsp3) is 0.375. The number of hydrogen-bond acceptors (Lipinski definition) is 3. The van der Waals surface area contributed by atoms with Crippen molar-refractivity contribution in [3.05, 3.63) is 35.6 Å². The molecule has 0 spiro atoms. The average molecular weight is 289 g/mol. The summed E-state index contributed by atoms with van der Waals surface area (Å²) >= 11 is 0. The van der Waals surface area contributed by atoms with Crippen molar-refractivity contribution in [2.24, 2.45) is 0 Å². The van der Waals surface area contributed by atoms with Crippen LogP contribution in [-0.2, 0) is 16.0 Å². The Balaban J connectivity index is 1.99. The third-order valence-electron chi connectivity index (χ3n) is 3.46. The van der Waals surface area contributed by atoms with E-state index in [1.807, 2.05) is 25.1 Å². The summed E-state index contributed by atoms with van der Waals surface area (Å²) in [6, 6.07) is 5.89. The summed E-state index contributed by atoms with van der Waals surface area (Å²) in [5, 5.41) is 9.55. The van der Waals surface area contributed by atoms with E-state index in [4.69, 9.17) is 9.52 Å². The van der Waals surface area contributed by atoms with Gasteiger partial charge in [-0.2, -0.15) is 0 Å². The molecule has 0 fully saturated rings. The van der Waals surface area contributed by atoms with Gasteiger partial charge in [0.05, 0.1) is 12.7 Å². The van der Waals surface area contributed by atoms with Crippen molar-refractivity contribution in [1.82, 2.24) is 4.90 Å². The summed E-state index contributed by atoms with van der Waals surface area (Å²) in [5.41, 5.74) is 2.76. The Kier molecular flexibility index (Phi) is 4.62. The van der Waals surface area contributed by atoms with Crippen molar-refractivity contribution in [1.29, 1.82) is 0 Å². The minimum absolute atomic E-state index is 0.0383. The van der Waals surface area contributed by atoms with Crippen LogP contribution in [0.25, 0.3) is 11.0 Å². The lowest BCUT2D eigenvalue weighted by atomic mass is 10.1. The second kappa shape index (κ2) is 6.43. The third kappa shape index (κ3) is 3.84. The molecule has 1 N–H and O–H groups in total. The SMILES string of the molecule is Cc1ccc2c(CC(=O)N(C)CCCC(=O)O)coc2c1. The molecular weight excluding hydrogens is 270 g/mol. The Labute approximate surface area is 123 Å². The molecule has 1 heterocycles. The van der Waals surface area contributed by atoms with Crippen LogP contribution in [0.15, 0.2) is 28.9 Å². The number of carbonyl (C=O) groups is 2. The van der Waals surface area contributed by atoms with Crippen LogP contribution in [0.1, 0.15) is 24.0 Å². The van der Waals surface area contributed by atoms with E-state index in [2.05, 4.69) is 0 Å². The summed E-state index contributed by atoms with van der Waals surface area (Å²) in [6.45, 7) is 2.43. The lowest BCUT2D eigenvalue weighted by Gasteiger charge is -2.16. The zero-order valence-electron chi connectivity index (χ0n) is 12.3. The molecule has 1 aromatic carbocycles. The monoisotopic (exact) mass is 289 g/mol. The Bertz CT molecular complexity index is 659. The first kappa shape index (κ1) is 15.1. The van der Waals surface area contributed by atoms with Gasteiger partial charge in [-0.25, -0.2) is 0 Å². The van der Waals surface area contributed by atoms with Gasteiger partial charge in [0.2, 0.25) is 5.91 Å². The number of rotatable bonds is 6. The van der Waals surface area contributed by atoms with E-state index >= 15 is 0 Å². The zero-order valence-corrected chi connectivity index (χ0v) is 12.3. The number of furan rings is 1. The highest BCUT2D eigenvalue weighted by Gasteiger charge is 2.14. The number of carbonyl (C=O) groups excluding carboxylic acids is 1. The van der Waals surface area contributed by atoms with Crippen LogP contribution >= 0.6 is 0 Å². The number of carboxylic acids is 1. The molecule has 2 rings (SSSR count). The van der Waals surface area contributed by atoms with Gasteiger partial charge in [0.25, 0.3) is 0 Å². The second-order valence-electron chi connectivity index (χ2n) is 5.25. The number of aliphatic carboxylic acids is 1. The number of hydrogen-bond donors (Lipinski definition) is 1. The Morgan fingerprint density at radius 3 is 2.81 bits per heavy atom. The van der Waals surface area contributed by atoms with Gasteiger partial charge in [0.15, 0.2) is 0 Å². The number of carboxylic acid groups (broad SMARTS) is 1. The molecule has 2 aromatic rings. The maximum Gasteiger partial charge on any atom is 0.303 e. The standard InChI is InChI=1S/C16H19NO4/c1-11-5-6-13-12(10-21-14(13)8-11)9-15(18)17(2)7-3-4-16(19)20/h5-6,8,10H,3-4,7,9H2,1-2H3,(H,19,20). The molecule has 0 aliphatic rings. The minimum Gasteiger partial charge on any atom is -0.481 e. The van der Waals surface area contributed by atoms with Gasteiger partial charge in [-0.05, 0) is 25.0 Å². The highest BCUT2D eigenvalue weighted by Crippen LogP contribution is 2.23. The van der Waals surface area contributed by atoms with Gasteiger partial charge in [0, 0.05) is 31.0 Å². The predicted molar refractivity (Wildman–Crippen MR) is 79.2 cm³/mol. The first-order valence-corrected chi connectivity index (χ1v) is 6.90. The molecule has 0 aliphatic carbocycles. The normalized spacial score (nSPS) is 10.8. The maximum atomic E-state index is 12.1. The van der Waals surface area contributed by atoms with E-state index in [1.165, 1.54) is 0 Å². The predicted octanol–water partition coefficient (Wildman–Crippen LogP) is 2.61. The first-order valence-electron chi connectivity index (χ1n) is 6.90. The van der Waals surface area contributed by atoms with Crippen molar-refractivity contribution in [3.63, 3.8) is 0 Å². The van der Waals surface area contributed by atoms with Crippen LogP contribution in [-0.4, -0.2) is 35.5 Å². The summed E-state index contributed by atoms with van der Waals surface area (Å²) in [5.74, 6) is -0.879. The molecule has 0 saturated carbocycles. The summed E-state index contributed by atoms with van der Waals surface area (Å²) in [4.78, 5) is 24.2. The van der Waals surface area contributed by atoms with Crippen LogP contribution < -0.4 is 0 Å². The van der Waals surface area contributed by atoms with Crippen molar-refractivity contribution >= 4 is 22.8 Å². The number of likely N-dealkylation sites (N-methyl/N-ethyl adjacent to an activating group) is 1. The molecule has 0 radical (unpaired) electrons. The molecule has 0 unspecified atom stereocenters. The van der Waals surface area contributed by atoms with Crippen LogP contribution in [0.3, 0.4) is 0 Å². The second-order valence-corrected chi connectivity index (χ2v) is 5.25. The van der Waals surface area contributed by atoms with E-state index in [9.17, 15) is 9.59 Å². The fourth-order valence-electron chi connectivity index (χ4n) is 2.22. The van der Waals surface area contributed by atoms with E-state index in [1.54, 1.807) is 18.2 Å². The van der Waals surface area contributed by atoms with Crippen molar-refractivity contribution in [3.8, 4) is 0 Å². The number of aryl methyl sites for hydroxylation is 1. The van der Waals surface area contributed by atoms with Crippen LogP contribution in [0, 0.1) is 6.92 Å². The van der Waals surface area contributed by atoms with Crippen LogP contribution in [0.5, 0.6) is 0 Å². The maximum absolute atomic E-state index is 12.1. The number of benzene rings is 1. The Morgan fingerprint density at radius 2 is 2.10 bits per heavy atom. The Morgan fingerprint density at radius 1 is 1.33 bits per heavy atom. The van der Waals surface area contributed by atoms with Gasteiger partial charge in [-0.3, -0.25) is 9.59 Å². The summed E-state index contributed by atoms with van der Waals surface area (Å²) < 4.78 is 5.47. The van der Waals surface area contributed by atoms with E-state index < -0.39 is 5.97 Å². The van der Waals surface area contributed by atoms with Gasteiger partial charge >= 0.3 is 5.97 Å². The molecule has 5 nitrogen and oxygen atoms in total. The molecule has 1 amide bonds. The molecule has 0 saturated heterocycles. The molecule has 5 heteroatoms. The van der Waals surface area contributed by atoms with Gasteiger partial charge < -0.3 is 14.4 Å². The quantitative estimate of drug-likeness (QED) is 0.887. The molecule has 0 bridgehead atoms. The number of amides is 1. The van der Waals surface area contributed by atoms with Crippen molar-refractivity contribution in [2.75, 3.05) is 13.6 Å². The van der Waals surface area contributed by atoms with E-state index in [0.717, 1.165) is 22.1 Å². The molecule has 0 aliphatic heterocycles.